The number of Topliss-reactive ketones (excluding diaryl/α,β-unsaturated/α-hetero) is 1. The Hall–Kier alpha value is -2.04. The van der Waals surface area contributed by atoms with E-state index in [9.17, 15) is 9.59 Å². The molecule has 0 heterocycles. The molecule has 1 aliphatic rings. The first-order valence-electron chi connectivity index (χ1n) is 5.10. The Bertz CT molecular complexity index is 492. The van der Waals surface area contributed by atoms with Crippen LogP contribution in [0.4, 0.5) is 0 Å². The van der Waals surface area contributed by atoms with Crippen LogP contribution in [0.2, 0.25) is 0 Å². The van der Waals surface area contributed by atoms with Crippen LogP contribution in [0, 0.1) is 5.92 Å². The van der Waals surface area contributed by atoms with E-state index in [-0.39, 0.29) is 12.2 Å². The number of ether oxygens (including phenoxy) is 2. The largest absolute Gasteiger partial charge is 0.493 e. The van der Waals surface area contributed by atoms with E-state index in [2.05, 4.69) is 0 Å². The summed E-state index contributed by atoms with van der Waals surface area (Å²) in [5.41, 5.74) is 1.11. The van der Waals surface area contributed by atoms with Crippen molar-refractivity contribution in [2.75, 3.05) is 14.2 Å². The Kier molecular flexibility index (Phi) is 2.75. The van der Waals surface area contributed by atoms with Gasteiger partial charge in [0.15, 0.2) is 17.3 Å². The highest BCUT2D eigenvalue weighted by atomic mass is 16.5. The molecule has 90 valence electrons. The van der Waals surface area contributed by atoms with Crippen molar-refractivity contribution in [3.8, 4) is 11.5 Å². The molecule has 0 spiro atoms. The number of hydrogen-bond acceptors (Lipinski definition) is 4. The van der Waals surface area contributed by atoms with E-state index >= 15 is 0 Å². The van der Waals surface area contributed by atoms with E-state index in [0.29, 0.717) is 22.6 Å². The Morgan fingerprint density at radius 1 is 1.29 bits per heavy atom. The van der Waals surface area contributed by atoms with Crippen molar-refractivity contribution >= 4 is 11.8 Å². The molecule has 0 radical (unpaired) electrons. The number of fused-ring (bicyclic) bond motifs is 1. The van der Waals surface area contributed by atoms with Gasteiger partial charge in [-0.05, 0) is 24.1 Å². The molecule has 0 amide bonds. The average Bonchev–Trinajstić information content (AvgIpc) is 2.64. The fourth-order valence-corrected chi connectivity index (χ4v) is 2.02. The van der Waals surface area contributed by atoms with E-state index < -0.39 is 11.9 Å². The van der Waals surface area contributed by atoms with Gasteiger partial charge >= 0.3 is 5.97 Å². The molecule has 0 saturated heterocycles. The second kappa shape index (κ2) is 4.08. The Morgan fingerprint density at radius 3 is 2.41 bits per heavy atom. The monoisotopic (exact) mass is 236 g/mol. The van der Waals surface area contributed by atoms with Crippen LogP contribution < -0.4 is 9.47 Å². The number of carbonyl (C=O) groups excluding carboxylic acids is 1. The molecule has 0 saturated carbocycles. The molecule has 0 aromatic heterocycles. The van der Waals surface area contributed by atoms with Gasteiger partial charge < -0.3 is 14.6 Å². The quantitative estimate of drug-likeness (QED) is 0.797. The summed E-state index contributed by atoms with van der Waals surface area (Å²) in [6, 6.07) is 3.20. The van der Waals surface area contributed by atoms with Gasteiger partial charge in [0, 0.05) is 5.56 Å². The zero-order valence-electron chi connectivity index (χ0n) is 9.52. The number of carboxylic acid groups (broad SMARTS) is 1. The number of methoxy groups -OCH3 is 2. The highest BCUT2D eigenvalue weighted by molar-refractivity contribution is 6.12. The molecule has 0 aliphatic heterocycles. The zero-order chi connectivity index (χ0) is 12.6. The maximum atomic E-state index is 11.8. The number of aliphatic carboxylic acids is 1. The molecule has 5 nitrogen and oxygen atoms in total. The summed E-state index contributed by atoms with van der Waals surface area (Å²) in [4.78, 5) is 22.7. The molecule has 1 aliphatic carbocycles. The van der Waals surface area contributed by atoms with Gasteiger partial charge in [-0.25, -0.2) is 0 Å². The number of hydrogen-bond donors (Lipinski definition) is 1. The number of rotatable bonds is 3. The van der Waals surface area contributed by atoms with Crippen molar-refractivity contribution < 1.29 is 24.2 Å². The molecule has 1 unspecified atom stereocenters. The predicted octanol–water partition coefficient (Wildman–Crippen LogP) is 1.14. The van der Waals surface area contributed by atoms with Gasteiger partial charge in [0.1, 0.15) is 5.92 Å². The minimum atomic E-state index is -1.09. The highest BCUT2D eigenvalue weighted by Gasteiger charge is 2.36. The minimum absolute atomic E-state index is 0.212. The van der Waals surface area contributed by atoms with Gasteiger partial charge in [0.05, 0.1) is 14.2 Å². The molecule has 1 N–H and O–H groups in total. The molecule has 0 fully saturated rings. The molecular weight excluding hydrogens is 224 g/mol. The Morgan fingerprint density at radius 2 is 1.88 bits per heavy atom. The zero-order valence-corrected chi connectivity index (χ0v) is 9.52. The molecule has 0 bridgehead atoms. The van der Waals surface area contributed by atoms with Crippen molar-refractivity contribution in [2.45, 2.75) is 6.42 Å². The van der Waals surface area contributed by atoms with Crippen LogP contribution >= 0.6 is 0 Å². The van der Waals surface area contributed by atoms with Crippen molar-refractivity contribution in [1.29, 1.82) is 0 Å². The lowest BCUT2D eigenvalue weighted by Gasteiger charge is -2.09. The third-order valence-electron chi connectivity index (χ3n) is 2.91. The smallest absolute Gasteiger partial charge is 0.314 e. The van der Waals surface area contributed by atoms with E-state index in [1.807, 2.05) is 0 Å². The van der Waals surface area contributed by atoms with Gasteiger partial charge in [-0.3, -0.25) is 9.59 Å². The molecule has 5 heteroatoms. The minimum Gasteiger partial charge on any atom is -0.493 e. The van der Waals surface area contributed by atoms with E-state index in [1.165, 1.54) is 14.2 Å². The predicted molar refractivity (Wildman–Crippen MR) is 58.7 cm³/mol. The summed E-state index contributed by atoms with van der Waals surface area (Å²) < 4.78 is 10.2. The normalized spacial score (nSPS) is 17.8. The third-order valence-corrected chi connectivity index (χ3v) is 2.91. The fraction of sp³-hybridized carbons (Fsp3) is 0.333. The molecule has 1 aromatic rings. The van der Waals surface area contributed by atoms with Crippen molar-refractivity contribution in [3.63, 3.8) is 0 Å². The molecule has 1 aromatic carbocycles. The van der Waals surface area contributed by atoms with Crippen LogP contribution in [-0.4, -0.2) is 31.1 Å². The Labute approximate surface area is 98.0 Å². The SMILES string of the molecule is COc1cc2c(cc1OC)C(=O)C(C(=O)O)C2. The molecule has 1 atom stereocenters. The summed E-state index contributed by atoms with van der Waals surface area (Å²) in [5.74, 6) is -1.50. The van der Waals surface area contributed by atoms with Crippen LogP contribution in [0.3, 0.4) is 0 Å². The van der Waals surface area contributed by atoms with Crippen molar-refractivity contribution in [1.82, 2.24) is 0 Å². The number of carboxylic acids is 1. The van der Waals surface area contributed by atoms with Gasteiger partial charge in [0.2, 0.25) is 0 Å². The van der Waals surface area contributed by atoms with Crippen LogP contribution in [-0.2, 0) is 11.2 Å². The molecule has 2 rings (SSSR count). The summed E-state index contributed by atoms with van der Waals surface area (Å²) in [6.07, 6.45) is 0.212. The van der Waals surface area contributed by atoms with E-state index in [4.69, 9.17) is 14.6 Å². The van der Waals surface area contributed by atoms with E-state index in [0.717, 1.165) is 0 Å². The van der Waals surface area contributed by atoms with Gasteiger partial charge in [0.25, 0.3) is 0 Å². The maximum Gasteiger partial charge on any atom is 0.314 e. The number of ketones is 1. The van der Waals surface area contributed by atoms with Gasteiger partial charge in [-0.2, -0.15) is 0 Å². The Balaban J connectivity index is 2.49. The van der Waals surface area contributed by atoms with Gasteiger partial charge in [-0.1, -0.05) is 0 Å². The lowest BCUT2D eigenvalue weighted by Crippen LogP contribution is -2.19. The second-order valence-corrected chi connectivity index (χ2v) is 3.82. The first kappa shape index (κ1) is 11.4. The lowest BCUT2D eigenvalue weighted by atomic mass is 10.1. The average molecular weight is 236 g/mol. The van der Waals surface area contributed by atoms with Crippen LogP contribution in [0.5, 0.6) is 11.5 Å². The maximum absolute atomic E-state index is 11.8. The summed E-state index contributed by atoms with van der Waals surface area (Å²) in [6.45, 7) is 0. The van der Waals surface area contributed by atoms with Crippen LogP contribution in [0.1, 0.15) is 15.9 Å². The van der Waals surface area contributed by atoms with Crippen molar-refractivity contribution in [3.05, 3.63) is 23.3 Å². The topological polar surface area (TPSA) is 72.8 Å². The number of carbonyl (C=O) groups is 2. The first-order valence-corrected chi connectivity index (χ1v) is 5.10. The molecule has 17 heavy (non-hydrogen) atoms. The van der Waals surface area contributed by atoms with Crippen LogP contribution in [0.15, 0.2) is 12.1 Å². The van der Waals surface area contributed by atoms with E-state index in [1.54, 1.807) is 12.1 Å². The third kappa shape index (κ3) is 1.73. The van der Waals surface area contributed by atoms with Crippen molar-refractivity contribution in [2.24, 2.45) is 5.92 Å². The summed E-state index contributed by atoms with van der Waals surface area (Å²) in [7, 11) is 2.97. The highest BCUT2D eigenvalue weighted by Crippen LogP contribution is 2.36. The second-order valence-electron chi connectivity index (χ2n) is 3.82. The molecular formula is C12H12O5. The van der Waals surface area contributed by atoms with Gasteiger partial charge in [-0.15, -0.1) is 0 Å². The summed E-state index contributed by atoms with van der Waals surface area (Å²) in [5, 5.41) is 8.93. The summed E-state index contributed by atoms with van der Waals surface area (Å²) >= 11 is 0. The van der Waals surface area contributed by atoms with Crippen LogP contribution in [0.25, 0.3) is 0 Å². The fourth-order valence-electron chi connectivity index (χ4n) is 2.02. The standard InChI is InChI=1S/C12H12O5/c1-16-9-4-6-3-8(12(14)15)11(13)7(6)5-10(9)17-2/h4-5,8H,3H2,1-2H3,(H,14,15). The lowest BCUT2D eigenvalue weighted by molar-refractivity contribution is -0.139. The first-order chi connectivity index (χ1) is 8.08. The number of benzene rings is 1.